The van der Waals surface area contributed by atoms with Crippen LogP contribution in [0.2, 0.25) is 0 Å². The van der Waals surface area contributed by atoms with Crippen molar-refractivity contribution in [1.29, 1.82) is 0 Å². The number of nitrogens with one attached hydrogen (secondary N) is 1. The lowest BCUT2D eigenvalue weighted by Gasteiger charge is -2.22. The predicted molar refractivity (Wildman–Crippen MR) is 124 cm³/mol. The quantitative estimate of drug-likeness (QED) is 0.433. The summed E-state index contributed by atoms with van der Waals surface area (Å²) in [6.45, 7) is 1.26. The molecule has 8 heteroatoms. The molecule has 6 nitrogen and oxygen atoms in total. The van der Waals surface area contributed by atoms with Gasteiger partial charge in [0, 0.05) is 33.1 Å². The summed E-state index contributed by atoms with van der Waals surface area (Å²) in [5.74, 6) is 0. The Morgan fingerprint density at radius 2 is 2.16 bits per heavy atom. The molecule has 1 aliphatic rings. The average molecular weight is 449 g/mol. The third-order valence-electron chi connectivity index (χ3n) is 5.90. The molecule has 156 valence electrons. The molecule has 4 aromatic heterocycles. The number of rotatable bonds is 5. The first-order valence-corrected chi connectivity index (χ1v) is 12.0. The van der Waals surface area contributed by atoms with Crippen molar-refractivity contribution < 1.29 is 4.52 Å². The van der Waals surface area contributed by atoms with Crippen LogP contribution in [-0.2, 0) is 25.9 Å². The van der Waals surface area contributed by atoms with Gasteiger partial charge >= 0.3 is 0 Å². The van der Waals surface area contributed by atoms with E-state index in [1.807, 2.05) is 18.2 Å². The maximum atomic E-state index is 13.3. The predicted octanol–water partition coefficient (Wildman–Crippen LogP) is 4.36. The Morgan fingerprint density at radius 1 is 1.23 bits per heavy atom. The van der Waals surface area contributed by atoms with Crippen molar-refractivity contribution in [2.24, 2.45) is 0 Å². The van der Waals surface area contributed by atoms with E-state index in [0.717, 1.165) is 35.2 Å². The lowest BCUT2D eigenvalue weighted by atomic mass is 9.93. The van der Waals surface area contributed by atoms with E-state index >= 15 is 0 Å². The summed E-state index contributed by atoms with van der Waals surface area (Å²) >= 11 is 3.40. The molecule has 0 amide bonds. The fourth-order valence-corrected chi connectivity index (χ4v) is 6.67. The number of fused-ring (bicyclic) bond motifs is 4. The minimum absolute atomic E-state index is 0.0777. The van der Waals surface area contributed by atoms with Crippen molar-refractivity contribution in [3.63, 3.8) is 0 Å². The molecule has 1 aliphatic carbocycles. The van der Waals surface area contributed by atoms with Gasteiger partial charge in [0.25, 0.3) is 5.56 Å². The number of aryl methyl sites for hydroxylation is 1. The van der Waals surface area contributed by atoms with Gasteiger partial charge < -0.3 is 9.84 Å². The van der Waals surface area contributed by atoms with Gasteiger partial charge in [-0.15, -0.1) is 22.7 Å². The number of benzene rings is 1. The molecule has 0 bridgehead atoms. The van der Waals surface area contributed by atoms with Gasteiger partial charge in [-0.2, -0.15) is 0 Å². The van der Waals surface area contributed by atoms with Crippen LogP contribution >= 0.6 is 22.7 Å². The Morgan fingerprint density at radius 3 is 3.03 bits per heavy atom. The summed E-state index contributed by atoms with van der Waals surface area (Å²) < 4.78 is 7.91. The van der Waals surface area contributed by atoms with E-state index in [1.165, 1.54) is 25.4 Å². The second-order valence-electron chi connectivity index (χ2n) is 7.92. The Labute approximate surface area is 186 Å². The van der Waals surface area contributed by atoms with Crippen molar-refractivity contribution >= 4 is 43.0 Å². The number of thiophene rings is 2. The Bertz CT molecular complexity index is 1400. The summed E-state index contributed by atoms with van der Waals surface area (Å²) in [4.78, 5) is 21.3. The summed E-state index contributed by atoms with van der Waals surface area (Å²) in [6, 6.07) is 12.8. The van der Waals surface area contributed by atoms with Crippen LogP contribution in [0.3, 0.4) is 0 Å². The van der Waals surface area contributed by atoms with Gasteiger partial charge in [0.05, 0.1) is 24.0 Å². The van der Waals surface area contributed by atoms with Crippen LogP contribution in [-0.4, -0.2) is 20.7 Å². The minimum atomic E-state index is 0.0777. The molecule has 0 fully saturated rings. The van der Waals surface area contributed by atoms with E-state index in [1.54, 1.807) is 39.8 Å². The van der Waals surface area contributed by atoms with Crippen LogP contribution in [0.15, 0.2) is 58.3 Å². The molecule has 0 aliphatic heterocycles. The van der Waals surface area contributed by atoms with Gasteiger partial charge in [0.15, 0.2) is 0 Å². The Balaban J connectivity index is 1.27. The molecule has 4 heterocycles. The first-order chi connectivity index (χ1) is 15.2. The van der Waals surface area contributed by atoms with E-state index in [4.69, 9.17) is 4.52 Å². The summed E-state index contributed by atoms with van der Waals surface area (Å²) in [5.41, 5.74) is 2.18. The van der Waals surface area contributed by atoms with Crippen LogP contribution in [0.5, 0.6) is 0 Å². The SMILES string of the molecule is O=c1c2c3c(sc2ncn1Cc1cc2ccccc2s1)CC(NCc1ccon1)CC3. The standard InChI is InChI=1S/C23H20N4O2S2/c28-23-21-18-6-5-15(24-11-16-7-8-29-26-16)10-20(18)31-22(21)25-13-27(23)12-17-9-14-3-1-2-4-19(14)30-17/h1-4,7-9,13,15,24H,5-6,10-12H2. The van der Waals surface area contributed by atoms with E-state index in [0.29, 0.717) is 19.1 Å². The zero-order chi connectivity index (χ0) is 20.8. The van der Waals surface area contributed by atoms with E-state index in [-0.39, 0.29) is 5.56 Å². The zero-order valence-corrected chi connectivity index (χ0v) is 18.3. The van der Waals surface area contributed by atoms with Gasteiger partial charge in [0.2, 0.25) is 0 Å². The molecule has 1 aromatic carbocycles. The van der Waals surface area contributed by atoms with Crippen LogP contribution in [0.4, 0.5) is 0 Å². The second-order valence-corrected chi connectivity index (χ2v) is 10.2. The number of hydrogen-bond acceptors (Lipinski definition) is 7. The fraction of sp³-hybridized carbons (Fsp3) is 0.261. The maximum absolute atomic E-state index is 13.3. The van der Waals surface area contributed by atoms with E-state index < -0.39 is 0 Å². The molecule has 0 spiro atoms. The third-order valence-corrected chi connectivity index (χ3v) is 8.16. The molecule has 1 atom stereocenters. The first-order valence-electron chi connectivity index (χ1n) is 10.3. The van der Waals surface area contributed by atoms with Crippen LogP contribution in [0.1, 0.15) is 27.4 Å². The average Bonchev–Trinajstić information content (AvgIpc) is 3.51. The molecule has 1 N–H and O–H groups in total. The largest absolute Gasteiger partial charge is 0.364 e. The van der Waals surface area contributed by atoms with Gasteiger partial charge in [-0.3, -0.25) is 9.36 Å². The fourth-order valence-electron chi connectivity index (χ4n) is 4.35. The molecule has 31 heavy (non-hydrogen) atoms. The Hall–Kier alpha value is -2.81. The van der Waals surface area contributed by atoms with Gasteiger partial charge in [-0.1, -0.05) is 23.4 Å². The normalized spacial score (nSPS) is 16.2. The van der Waals surface area contributed by atoms with Crippen LogP contribution in [0.25, 0.3) is 20.3 Å². The molecule has 1 unspecified atom stereocenters. The van der Waals surface area contributed by atoms with Gasteiger partial charge in [-0.25, -0.2) is 4.98 Å². The summed E-state index contributed by atoms with van der Waals surface area (Å²) in [7, 11) is 0. The highest BCUT2D eigenvalue weighted by atomic mass is 32.1. The maximum Gasteiger partial charge on any atom is 0.262 e. The molecular weight excluding hydrogens is 428 g/mol. The van der Waals surface area contributed by atoms with E-state index in [2.05, 4.69) is 33.7 Å². The molecule has 5 aromatic rings. The van der Waals surface area contributed by atoms with Crippen molar-refractivity contribution in [1.82, 2.24) is 20.0 Å². The molecule has 6 rings (SSSR count). The van der Waals surface area contributed by atoms with Crippen molar-refractivity contribution in [3.05, 3.63) is 80.4 Å². The summed E-state index contributed by atoms with van der Waals surface area (Å²) in [5, 5.41) is 9.57. The lowest BCUT2D eigenvalue weighted by Crippen LogP contribution is -2.34. The molecule has 0 radical (unpaired) electrons. The van der Waals surface area contributed by atoms with Crippen molar-refractivity contribution in [2.45, 2.75) is 38.4 Å². The number of aromatic nitrogens is 3. The third kappa shape index (κ3) is 3.50. The monoisotopic (exact) mass is 448 g/mol. The van der Waals surface area contributed by atoms with Gasteiger partial charge in [0.1, 0.15) is 11.1 Å². The number of nitrogens with zero attached hydrogens (tertiary/aromatic N) is 3. The molecule has 0 saturated carbocycles. The lowest BCUT2D eigenvalue weighted by molar-refractivity contribution is 0.399. The summed E-state index contributed by atoms with van der Waals surface area (Å²) in [6.07, 6.45) is 6.12. The molecular formula is C23H20N4O2S2. The van der Waals surface area contributed by atoms with Crippen LogP contribution < -0.4 is 10.9 Å². The smallest absolute Gasteiger partial charge is 0.262 e. The van der Waals surface area contributed by atoms with Gasteiger partial charge in [-0.05, 0) is 42.3 Å². The highest BCUT2D eigenvalue weighted by Crippen LogP contribution is 2.34. The zero-order valence-electron chi connectivity index (χ0n) is 16.7. The van der Waals surface area contributed by atoms with Crippen LogP contribution in [0, 0.1) is 0 Å². The van der Waals surface area contributed by atoms with Crippen molar-refractivity contribution in [3.8, 4) is 0 Å². The van der Waals surface area contributed by atoms with E-state index in [9.17, 15) is 4.79 Å². The van der Waals surface area contributed by atoms with Crippen molar-refractivity contribution in [2.75, 3.05) is 0 Å². The highest BCUT2D eigenvalue weighted by Gasteiger charge is 2.25. The molecule has 0 saturated heterocycles. The Kier molecular flexibility index (Phi) is 4.70. The highest BCUT2D eigenvalue weighted by molar-refractivity contribution is 7.19. The topological polar surface area (TPSA) is 73.0 Å². The first kappa shape index (κ1) is 18.9. The second kappa shape index (κ2) is 7.71. The number of hydrogen-bond donors (Lipinski definition) is 1. The minimum Gasteiger partial charge on any atom is -0.364 e.